The third-order valence-electron chi connectivity index (χ3n) is 2.23. The Morgan fingerprint density at radius 1 is 1.62 bits per heavy atom. The molecule has 0 saturated heterocycles. The maximum atomic E-state index is 11.6. The van der Waals surface area contributed by atoms with Crippen LogP contribution >= 0.6 is 11.3 Å². The van der Waals surface area contributed by atoms with Gasteiger partial charge in [-0.2, -0.15) is 11.3 Å². The van der Waals surface area contributed by atoms with Gasteiger partial charge in [0.1, 0.15) is 6.33 Å². The Hall–Kier alpha value is -1.69. The predicted octanol–water partition coefficient (Wildman–Crippen LogP) is 1.29. The van der Waals surface area contributed by atoms with Gasteiger partial charge in [-0.1, -0.05) is 0 Å². The molecule has 0 unspecified atom stereocenters. The second-order valence-electron chi connectivity index (χ2n) is 3.23. The second-order valence-corrected chi connectivity index (χ2v) is 4.01. The molecule has 2 aromatic heterocycles. The van der Waals surface area contributed by atoms with E-state index < -0.39 is 0 Å². The molecule has 0 bridgehead atoms. The molecule has 6 heteroatoms. The van der Waals surface area contributed by atoms with E-state index in [9.17, 15) is 4.79 Å². The molecule has 0 aliphatic carbocycles. The van der Waals surface area contributed by atoms with E-state index in [2.05, 4.69) is 15.5 Å². The van der Waals surface area contributed by atoms with Crippen LogP contribution in [0.1, 0.15) is 23.1 Å². The zero-order valence-electron chi connectivity index (χ0n) is 8.88. The number of thiophene rings is 1. The van der Waals surface area contributed by atoms with Gasteiger partial charge in [0.05, 0.1) is 6.54 Å². The Balaban J connectivity index is 1.95. The van der Waals surface area contributed by atoms with E-state index in [4.69, 9.17) is 0 Å². The van der Waals surface area contributed by atoms with E-state index >= 15 is 0 Å². The van der Waals surface area contributed by atoms with Crippen LogP contribution in [0.15, 0.2) is 23.2 Å². The third-order valence-corrected chi connectivity index (χ3v) is 2.91. The van der Waals surface area contributed by atoms with Crippen LogP contribution in [0.4, 0.5) is 0 Å². The zero-order valence-corrected chi connectivity index (χ0v) is 9.70. The molecule has 2 aromatic rings. The predicted molar refractivity (Wildman–Crippen MR) is 61.2 cm³/mol. The summed E-state index contributed by atoms with van der Waals surface area (Å²) in [7, 11) is 0. The highest BCUT2D eigenvalue weighted by Crippen LogP contribution is 2.05. The number of nitrogens with one attached hydrogen (secondary N) is 1. The van der Waals surface area contributed by atoms with Crippen LogP contribution in [0.3, 0.4) is 0 Å². The number of hydrogen-bond donors (Lipinski definition) is 1. The molecular weight excluding hydrogens is 224 g/mol. The van der Waals surface area contributed by atoms with Crippen LogP contribution in [0.2, 0.25) is 0 Å². The maximum absolute atomic E-state index is 11.6. The van der Waals surface area contributed by atoms with Crippen LogP contribution in [0.5, 0.6) is 0 Å². The van der Waals surface area contributed by atoms with E-state index in [0.717, 1.165) is 12.4 Å². The van der Waals surface area contributed by atoms with Gasteiger partial charge in [-0.05, 0) is 18.4 Å². The minimum Gasteiger partial charge on any atom is -0.345 e. The molecule has 1 amide bonds. The molecule has 2 heterocycles. The van der Waals surface area contributed by atoms with Crippen LogP contribution < -0.4 is 5.32 Å². The number of nitrogens with zero attached hydrogens (tertiary/aromatic N) is 3. The molecule has 0 aliphatic rings. The van der Waals surface area contributed by atoms with Crippen molar-refractivity contribution < 1.29 is 4.79 Å². The highest BCUT2D eigenvalue weighted by Gasteiger charge is 2.07. The van der Waals surface area contributed by atoms with Crippen molar-refractivity contribution in [2.75, 3.05) is 0 Å². The first-order valence-corrected chi connectivity index (χ1v) is 5.92. The molecule has 0 spiro atoms. The molecule has 2 rings (SSSR count). The summed E-state index contributed by atoms with van der Waals surface area (Å²) < 4.78 is 1.90. The van der Waals surface area contributed by atoms with Crippen LogP contribution in [0, 0.1) is 0 Å². The zero-order chi connectivity index (χ0) is 11.4. The lowest BCUT2D eigenvalue weighted by molar-refractivity contribution is 0.0950. The number of rotatable bonds is 4. The molecule has 0 aromatic carbocycles. The summed E-state index contributed by atoms with van der Waals surface area (Å²) in [6.45, 7) is 3.22. The van der Waals surface area contributed by atoms with E-state index in [1.54, 1.807) is 12.4 Å². The average molecular weight is 236 g/mol. The Kier molecular flexibility index (Phi) is 3.31. The molecule has 0 atom stereocenters. The Bertz CT molecular complexity index is 463. The number of aryl methyl sites for hydroxylation is 1. The largest absolute Gasteiger partial charge is 0.345 e. The van der Waals surface area contributed by atoms with Gasteiger partial charge in [0.25, 0.3) is 5.91 Å². The molecule has 5 nitrogen and oxygen atoms in total. The first-order chi connectivity index (χ1) is 7.81. The fourth-order valence-electron chi connectivity index (χ4n) is 1.34. The van der Waals surface area contributed by atoms with Crippen molar-refractivity contribution in [1.29, 1.82) is 0 Å². The standard InChI is InChI=1S/C10H12N4OS/c1-2-14-7-12-13-9(14)5-11-10(15)8-3-4-16-6-8/h3-4,6-7H,2,5H2,1H3,(H,11,15). The normalized spacial score (nSPS) is 10.3. The quantitative estimate of drug-likeness (QED) is 0.870. The van der Waals surface area contributed by atoms with Gasteiger partial charge in [-0.25, -0.2) is 0 Å². The summed E-state index contributed by atoms with van der Waals surface area (Å²) in [4.78, 5) is 11.6. The van der Waals surface area contributed by atoms with E-state index in [-0.39, 0.29) is 5.91 Å². The highest BCUT2D eigenvalue weighted by molar-refractivity contribution is 7.08. The number of carbonyl (C=O) groups excluding carboxylic acids is 1. The lowest BCUT2D eigenvalue weighted by atomic mass is 10.3. The molecule has 1 N–H and O–H groups in total. The van der Waals surface area contributed by atoms with Crippen LogP contribution in [-0.4, -0.2) is 20.7 Å². The van der Waals surface area contributed by atoms with Gasteiger partial charge in [0, 0.05) is 17.5 Å². The summed E-state index contributed by atoms with van der Waals surface area (Å²) >= 11 is 1.50. The Morgan fingerprint density at radius 3 is 3.19 bits per heavy atom. The first kappa shape index (κ1) is 10.8. The minimum absolute atomic E-state index is 0.0769. The molecule has 84 valence electrons. The summed E-state index contributed by atoms with van der Waals surface area (Å²) in [5.41, 5.74) is 0.688. The topological polar surface area (TPSA) is 59.8 Å². The van der Waals surface area contributed by atoms with E-state index in [1.165, 1.54) is 11.3 Å². The molecule has 16 heavy (non-hydrogen) atoms. The van der Waals surface area contributed by atoms with Gasteiger partial charge in [0.15, 0.2) is 5.82 Å². The van der Waals surface area contributed by atoms with Gasteiger partial charge in [-0.15, -0.1) is 10.2 Å². The van der Waals surface area contributed by atoms with Crippen molar-refractivity contribution in [3.8, 4) is 0 Å². The molecule has 0 fully saturated rings. The van der Waals surface area contributed by atoms with Crippen molar-refractivity contribution in [1.82, 2.24) is 20.1 Å². The van der Waals surface area contributed by atoms with E-state index in [1.807, 2.05) is 22.3 Å². The van der Waals surface area contributed by atoms with Crippen molar-refractivity contribution >= 4 is 17.2 Å². The van der Waals surface area contributed by atoms with Crippen molar-refractivity contribution in [2.24, 2.45) is 0 Å². The maximum Gasteiger partial charge on any atom is 0.252 e. The fraction of sp³-hybridized carbons (Fsp3) is 0.300. The number of hydrogen-bond acceptors (Lipinski definition) is 4. The van der Waals surface area contributed by atoms with Crippen molar-refractivity contribution in [3.05, 3.63) is 34.5 Å². The number of aromatic nitrogens is 3. The molecule has 0 aliphatic heterocycles. The first-order valence-electron chi connectivity index (χ1n) is 4.98. The Morgan fingerprint density at radius 2 is 2.50 bits per heavy atom. The Labute approximate surface area is 97.1 Å². The minimum atomic E-state index is -0.0769. The molecular formula is C10H12N4OS. The van der Waals surface area contributed by atoms with Gasteiger partial charge in [0.2, 0.25) is 0 Å². The number of amides is 1. The lowest BCUT2D eigenvalue weighted by Crippen LogP contribution is -2.24. The number of carbonyl (C=O) groups is 1. The summed E-state index contributed by atoms with van der Waals surface area (Å²) in [5.74, 6) is 0.693. The van der Waals surface area contributed by atoms with Gasteiger partial charge in [-0.3, -0.25) is 4.79 Å². The molecule has 0 saturated carbocycles. The van der Waals surface area contributed by atoms with Crippen LogP contribution in [0.25, 0.3) is 0 Å². The lowest BCUT2D eigenvalue weighted by Gasteiger charge is -2.04. The van der Waals surface area contributed by atoms with Crippen molar-refractivity contribution in [3.63, 3.8) is 0 Å². The summed E-state index contributed by atoms with van der Waals surface area (Å²) in [5, 5.41) is 14.2. The second kappa shape index (κ2) is 4.89. The molecule has 0 radical (unpaired) electrons. The smallest absolute Gasteiger partial charge is 0.252 e. The fourth-order valence-corrected chi connectivity index (χ4v) is 1.97. The SMILES string of the molecule is CCn1cnnc1CNC(=O)c1ccsc1. The highest BCUT2D eigenvalue weighted by atomic mass is 32.1. The van der Waals surface area contributed by atoms with Gasteiger partial charge >= 0.3 is 0 Å². The summed E-state index contributed by atoms with van der Waals surface area (Å²) in [6.07, 6.45) is 1.66. The van der Waals surface area contributed by atoms with Gasteiger partial charge < -0.3 is 9.88 Å². The monoisotopic (exact) mass is 236 g/mol. The van der Waals surface area contributed by atoms with Crippen LogP contribution in [-0.2, 0) is 13.1 Å². The van der Waals surface area contributed by atoms with Crippen molar-refractivity contribution in [2.45, 2.75) is 20.0 Å². The van der Waals surface area contributed by atoms with E-state index in [0.29, 0.717) is 12.1 Å². The third kappa shape index (κ3) is 2.27. The summed E-state index contributed by atoms with van der Waals surface area (Å²) in [6, 6.07) is 1.80. The average Bonchev–Trinajstić information content (AvgIpc) is 2.96.